The Labute approximate surface area is 197 Å². The molecular formula is C23H30N2O7S. The smallest absolute Gasteiger partial charge is 0.341 e. The molecule has 180 valence electrons. The van der Waals surface area contributed by atoms with Crippen molar-refractivity contribution in [3.63, 3.8) is 0 Å². The summed E-state index contributed by atoms with van der Waals surface area (Å²) in [6.07, 6.45) is 1.78. The molecule has 0 unspecified atom stereocenters. The molecular weight excluding hydrogens is 448 g/mol. The van der Waals surface area contributed by atoms with E-state index < -0.39 is 11.9 Å². The summed E-state index contributed by atoms with van der Waals surface area (Å²) < 4.78 is 21.1. The van der Waals surface area contributed by atoms with Crippen molar-refractivity contribution in [1.29, 1.82) is 0 Å². The molecule has 0 aliphatic rings. The van der Waals surface area contributed by atoms with E-state index >= 15 is 0 Å². The second-order valence-corrected chi connectivity index (χ2v) is 7.98. The topological polar surface area (TPSA) is 112 Å². The quantitative estimate of drug-likeness (QED) is 0.370. The minimum absolute atomic E-state index is 0.156. The van der Waals surface area contributed by atoms with Gasteiger partial charge >= 0.3 is 5.97 Å². The van der Waals surface area contributed by atoms with Gasteiger partial charge in [-0.3, -0.25) is 9.59 Å². The van der Waals surface area contributed by atoms with Gasteiger partial charge in [0, 0.05) is 12.1 Å². The third kappa shape index (κ3) is 5.95. The zero-order valence-corrected chi connectivity index (χ0v) is 20.6. The maximum absolute atomic E-state index is 13.1. The first-order chi connectivity index (χ1) is 15.8. The van der Waals surface area contributed by atoms with Crippen LogP contribution in [0.15, 0.2) is 12.1 Å². The van der Waals surface area contributed by atoms with Gasteiger partial charge in [-0.2, -0.15) is 0 Å². The van der Waals surface area contributed by atoms with Crippen LogP contribution in [0.4, 0.5) is 5.00 Å². The molecule has 0 fully saturated rings. The van der Waals surface area contributed by atoms with Crippen LogP contribution in [0.2, 0.25) is 0 Å². The number of anilines is 1. The highest BCUT2D eigenvalue weighted by Crippen LogP contribution is 2.39. The number of amides is 2. The van der Waals surface area contributed by atoms with E-state index in [1.54, 1.807) is 13.8 Å². The number of nitrogens with one attached hydrogen (secondary N) is 2. The molecule has 0 atom stereocenters. The van der Waals surface area contributed by atoms with Crippen molar-refractivity contribution in [2.45, 2.75) is 33.6 Å². The van der Waals surface area contributed by atoms with Crippen LogP contribution in [0.25, 0.3) is 0 Å². The van der Waals surface area contributed by atoms with Crippen molar-refractivity contribution in [3.8, 4) is 17.2 Å². The predicted octanol–water partition coefficient (Wildman–Crippen LogP) is 4.04. The number of methoxy groups -OCH3 is 3. The van der Waals surface area contributed by atoms with Gasteiger partial charge in [0.15, 0.2) is 11.5 Å². The van der Waals surface area contributed by atoms with Crippen LogP contribution in [0, 0.1) is 6.92 Å². The highest BCUT2D eigenvalue weighted by Gasteiger charge is 2.27. The minimum Gasteiger partial charge on any atom is -0.493 e. The fourth-order valence-electron chi connectivity index (χ4n) is 3.11. The lowest BCUT2D eigenvalue weighted by Crippen LogP contribution is -2.24. The number of benzene rings is 1. The Morgan fingerprint density at radius 2 is 1.61 bits per heavy atom. The van der Waals surface area contributed by atoms with E-state index in [4.69, 9.17) is 18.9 Å². The summed E-state index contributed by atoms with van der Waals surface area (Å²) in [5.41, 5.74) is 0.829. The number of esters is 1. The first kappa shape index (κ1) is 26.0. The summed E-state index contributed by atoms with van der Waals surface area (Å²) >= 11 is 1.03. The van der Waals surface area contributed by atoms with Gasteiger partial charge in [0.2, 0.25) is 5.75 Å². The van der Waals surface area contributed by atoms with Gasteiger partial charge < -0.3 is 29.6 Å². The van der Waals surface area contributed by atoms with Crippen molar-refractivity contribution < 1.29 is 33.3 Å². The van der Waals surface area contributed by atoms with Gasteiger partial charge in [-0.15, -0.1) is 11.3 Å². The second kappa shape index (κ2) is 12.1. The van der Waals surface area contributed by atoms with Crippen LogP contribution in [0.3, 0.4) is 0 Å². The number of carbonyl (C=O) groups is 3. The maximum Gasteiger partial charge on any atom is 0.341 e. The molecule has 1 aromatic heterocycles. The molecule has 0 aliphatic heterocycles. The molecule has 1 aromatic carbocycles. The summed E-state index contributed by atoms with van der Waals surface area (Å²) in [4.78, 5) is 38.7. The maximum atomic E-state index is 13.1. The van der Waals surface area contributed by atoms with Crippen molar-refractivity contribution >= 4 is 34.1 Å². The lowest BCUT2D eigenvalue weighted by molar-refractivity contribution is 0.0527. The van der Waals surface area contributed by atoms with Crippen LogP contribution < -0.4 is 24.8 Å². The summed E-state index contributed by atoms with van der Waals surface area (Å²) in [5, 5.41) is 5.80. The van der Waals surface area contributed by atoms with E-state index in [-0.39, 0.29) is 28.6 Å². The standard InChI is InChI=1S/C23H30N2O7S/c1-7-9-10-24-21(27)19-13(3)17(23(28)32-8-2)22(33-19)25-20(26)14-11-15(29-4)18(31-6)16(12-14)30-5/h11-12H,7-10H2,1-6H3,(H,24,27)(H,25,26). The molecule has 0 bridgehead atoms. The van der Waals surface area contributed by atoms with E-state index in [0.717, 1.165) is 24.2 Å². The third-order valence-corrected chi connectivity index (χ3v) is 6.01. The van der Waals surface area contributed by atoms with Gasteiger partial charge in [-0.25, -0.2) is 4.79 Å². The lowest BCUT2D eigenvalue weighted by atomic mass is 10.1. The number of hydrogen-bond acceptors (Lipinski definition) is 8. The number of rotatable bonds is 11. The van der Waals surface area contributed by atoms with E-state index in [2.05, 4.69) is 10.6 Å². The third-order valence-electron chi connectivity index (χ3n) is 4.80. The van der Waals surface area contributed by atoms with Crippen LogP contribution in [-0.4, -0.2) is 52.3 Å². The van der Waals surface area contributed by atoms with Crippen LogP contribution in [0.1, 0.15) is 62.6 Å². The Bertz CT molecular complexity index is 991. The normalized spacial score (nSPS) is 10.4. The molecule has 0 saturated carbocycles. The van der Waals surface area contributed by atoms with Crippen molar-refractivity contribution in [2.75, 3.05) is 39.8 Å². The summed E-state index contributed by atoms with van der Waals surface area (Å²) in [6, 6.07) is 3.00. The number of ether oxygens (including phenoxy) is 4. The molecule has 0 saturated heterocycles. The fourth-order valence-corrected chi connectivity index (χ4v) is 4.22. The highest BCUT2D eigenvalue weighted by atomic mass is 32.1. The Morgan fingerprint density at radius 3 is 2.12 bits per heavy atom. The van der Waals surface area contributed by atoms with Crippen LogP contribution >= 0.6 is 11.3 Å². The molecule has 2 aromatic rings. The van der Waals surface area contributed by atoms with Gasteiger partial charge in [-0.1, -0.05) is 13.3 Å². The monoisotopic (exact) mass is 478 g/mol. The molecule has 10 heteroatoms. The minimum atomic E-state index is -0.612. The molecule has 1 heterocycles. The fraction of sp³-hybridized carbons (Fsp3) is 0.435. The first-order valence-corrected chi connectivity index (χ1v) is 11.3. The van der Waals surface area contributed by atoms with Gasteiger partial charge in [-0.05, 0) is 38.0 Å². The van der Waals surface area contributed by atoms with E-state index in [1.165, 1.54) is 33.5 Å². The molecule has 2 amide bonds. The Kier molecular flexibility index (Phi) is 9.53. The number of unbranched alkanes of at least 4 members (excludes halogenated alkanes) is 1. The zero-order valence-electron chi connectivity index (χ0n) is 19.7. The van der Waals surface area contributed by atoms with E-state index in [1.807, 2.05) is 6.92 Å². The molecule has 2 rings (SSSR count). The van der Waals surface area contributed by atoms with Gasteiger partial charge in [0.25, 0.3) is 11.8 Å². The largest absolute Gasteiger partial charge is 0.493 e. The molecule has 0 aliphatic carbocycles. The molecule has 2 N–H and O–H groups in total. The summed E-state index contributed by atoms with van der Waals surface area (Å²) in [6.45, 7) is 6.05. The number of hydrogen-bond donors (Lipinski definition) is 2. The Hall–Kier alpha value is -3.27. The number of carbonyl (C=O) groups excluding carboxylic acids is 3. The second-order valence-electron chi connectivity index (χ2n) is 6.96. The molecule has 33 heavy (non-hydrogen) atoms. The summed E-state index contributed by atoms with van der Waals surface area (Å²) in [7, 11) is 4.36. The van der Waals surface area contributed by atoms with Crippen LogP contribution in [0.5, 0.6) is 17.2 Å². The van der Waals surface area contributed by atoms with Crippen molar-refractivity contribution in [2.24, 2.45) is 0 Å². The highest BCUT2D eigenvalue weighted by molar-refractivity contribution is 7.18. The first-order valence-electron chi connectivity index (χ1n) is 10.5. The Morgan fingerprint density at radius 1 is 0.970 bits per heavy atom. The predicted molar refractivity (Wildman–Crippen MR) is 126 cm³/mol. The van der Waals surface area contributed by atoms with Crippen molar-refractivity contribution in [1.82, 2.24) is 5.32 Å². The molecule has 0 radical (unpaired) electrons. The Balaban J connectivity index is 2.44. The molecule has 0 spiro atoms. The number of thiophene rings is 1. The SMILES string of the molecule is CCCCNC(=O)c1sc(NC(=O)c2cc(OC)c(OC)c(OC)c2)c(C(=O)OCC)c1C. The molecule has 9 nitrogen and oxygen atoms in total. The van der Waals surface area contributed by atoms with E-state index in [0.29, 0.717) is 34.2 Å². The van der Waals surface area contributed by atoms with Gasteiger partial charge in [0.1, 0.15) is 5.00 Å². The van der Waals surface area contributed by atoms with E-state index in [9.17, 15) is 14.4 Å². The average Bonchev–Trinajstić information content (AvgIpc) is 3.13. The van der Waals surface area contributed by atoms with Crippen molar-refractivity contribution in [3.05, 3.63) is 33.7 Å². The van der Waals surface area contributed by atoms with Gasteiger partial charge in [0.05, 0.1) is 38.4 Å². The average molecular weight is 479 g/mol. The summed E-state index contributed by atoms with van der Waals surface area (Å²) in [5.74, 6) is -0.457. The zero-order chi connectivity index (χ0) is 24.5. The van der Waals surface area contributed by atoms with Crippen LogP contribution in [-0.2, 0) is 4.74 Å². The lowest BCUT2D eigenvalue weighted by Gasteiger charge is -2.14.